The second-order valence-electron chi connectivity index (χ2n) is 2.31. The fourth-order valence-electron chi connectivity index (χ4n) is 0.763. The number of rotatable bonds is 3. The molecule has 0 aliphatic carbocycles. The second-order valence-corrected chi connectivity index (χ2v) is 2.31. The Morgan fingerprint density at radius 1 is 1.50 bits per heavy atom. The van der Waals surface area contributed by atoms with Crippen molar-refractivity contribution in [1.82, 2.24) is 0 Å². The molecule has 0 unspecified atom stereocenters. The third kappa shape index (κ3) is 1.19. The molecule has 2 N–H and O–H groups in total. The van der Waals surface area contributed by atoms with Gasteiger partial charge in [0.1, 0.15) is 6.10 Å². The molecule has 12 heavy (non-hydrogen) atoms. The molecule has 1 rings (SSSR count). The van der Waals surface area contributed by atoms with Crippen molar-refractivity contribution in [2.75, 3.05) is 6.61 Å². The van der Waals surface area contributed by atoms with E-state index in [0.717, 1.165) is 6.07 Å². The summed E-state index contributed by atoms with van der Waals surface area (Å²) in [7, 11) is 0. The van der Waals surface area contributed by atoms with Crippen molar-refractivity contribution in [3.63, 3.8) is 0 Å². The van der Waals surface area contributed by atoms with Gasteiger partial charge < -0.3 is 10.2 Å². The average Bonchev–Trinajstić information content (AvgIpc) is 2.10. The van der Waals surface area contributed by atoms with Gasteiger partial charge in [-0.15, -0.1) is 0 Å². The molecule has 1 atom stereocenters. The van der Waals surface area contributed by atoms with Crippen LogP contribution in [0, 0.1) is 0 Å². The van der Waals surface area contributed by atoms with Crippen LogP contribution in [0.2, 0.25) is 0 Å². The highest BCUT2D eigenvalue weighted by Gasteiger charge is 2.23. The summed E-state index contributed by atoms with van der Waals surface area (Å²) in [6.07, 6.45) is -1.60. The SMILES string of the molecule is O=C(c1cc(=O)c1=O)[C@@H](O)CO. The van der Waals surface area contributed by atoms with Crippen LogP contribution < -0.4 is 10.9 Å². The van der Waals surface area contributed by atoms with E-state index in [9.17, 15) is 14.4 Å². The fraction of sp³-hybridized carbons (Fsp3) is 0.286. The van der Waals surface area contributed by atoms with Gasteiger partial charge in [0.05, 0.1) is 12.2 Å². The van der Waals surface area contributed by atoms with E-state index in [1.165, 1.54) is 0 Å². The summed E-state index contributed by atoms with van der Waals surface area (Å²) in [5.74, 6) is -0.901. The minimum absolute atomic E-state index is 0.332. The highest BCUT2D eigenvalue weighted by molar-refractivity contribution is 6.00. The van der Waals surface area contributed by atoms with Gasteiger partial charge in [0.25, 0.3) is 0 Å². The first-order chi connectivity index (χ1) is 5.57. The average molecular weight is 170 g/mol. The van der Waals surface area contributed by atoms with Crippen LogP contribution in [0.15, 0.2) is 15.7 Å². The summed E-state index contributed by atoms with van der Waals surface area (Å²) in [4.78, 5) is 31.8. The molecule has 5 nitrogen and oxygen atoms in total. The molecule has 0 radical (unpaired) electrons. The zero-order valence-electron chi connectivity index (χ0n) is 5.98. The van der Waals surface area contributed by atoms with Gasteiger partial charge in [-0.2, -0.15) is 0 Å². The van der Waals surface area contributed by atoms with Crippen LogP contribution in [-0.4, -0.2) is 28.7 Å². The highest BCUT2D eigenvalue weighted by Crippen LogP contribution is 1.95. The van der Waals surface area contributed by atoms with Gasteiger partial charge in [-0.3, -0.25) is 14.4 Å². The standard InChI is InChI=1S/C7H6O5/c8-2-5(10)7(12)3-1-4(9)6(3)11/h1,5,8,10H,2H2/t5-/m0/s1. The second kappa shape index (κ2) is 2.96. The number of aliphatic hydroxyl groups is 2. The first-order valence-electron chi connectivity index (χ1n) is 3.21. The van der Waals surface area contributed by atoms with Crippen molar-refractivity contribution < 1.29 is 15.0 Å². The normalized spacial score (nSPS) is 13.2. The van der Waals surface area contributed by atoms with Crippen LogP contribution in [0.1, 0.15) is 10.4 Å². The molecular weight excluding hydrogens is 164 g/mol. The summed E-state index contributed by atoms with van der Waals surface area (Å²) >= 11 is 0. The quantitative estimate of drug-likeness (QED) is 0.397. The maximum atomic E-state index is 10.9. The van der Waals surface area contributed by atoms with Gasteiger partial charge in [-0.1, -0.05) is 0 Å². The molecule has 0 saturated carbocycles. The van der Waals surface area contributed by atoms with Crippen molar-refractivity contribution in [1.29, 1.82) is 0 Å². The van der Waals surface area contributed by atoms with E-state index in [1.807, 2.05) is 0 Å². The number of aliphatic hydroxyl groups excluding tert-OH is 2. The van der Waals surface area contributed by atoms with E-state index < -0.39 is 29.4 Å². The summed E-state index contributed by atoms with van der Waals surface area (Å²) in [6, 6.07) is 0.851. The molecule has 0 heterocycles. The van der Waals surface area contributed by atoms with Gasteiger partial charge in [-0.25, -0.2) is 0 Å². The molecule has 0 bridgehead atoms. The summed E-state index contributed by atoms with van der Waals surface area (Å²) in [5, 5.41) is 17.1. The molecule has 0 fully saturated rings. The van der Waals surface area contributed by atoms with Crippen molar-refractivity contribution in [2.24, 2.45) is 0 Å². The third-order valence-electron chi connectivity index (χ3n) is 1.48. The van der Waals surface area contributed by atoms with E-state index >= 15 is 0 Å². The Bertz CT molecular complexity index is 371. The predicted octanol–water partition coefficient (Wildman–Crippen LogP) is -2.18. The number of hydrogen-bond acceptors (Lipinski definition) is 5. The zero-order chi connectivity index (χ0) is 9.30. The van der Waals surface area contributed by atoms with Crippen LogP contribution in [0.3, 0.4) is 0 Å². The zero-order valence-corrected chi connectivity index (χ0v) is 5.98. The van der Waals surface area contributed by atoms with Gasteiger partial charge in [0.2, 0.25) is 10.9 Å². The van der Waals surface area contributed by atoms with E-state index in [1.54, 1.807) is 0 Å². The Balaban J connectivity index is 2.90. The smallest absolute Gasteiger partial charge is 0.236 e. The van der Waals surface area contributed by atoms with Crippen LogP contribution >= 0.6 is 0 Å². The number of carbonyl (C=O) groups is 1. The third-order valence-corrected chi connectivity index (χ3v) is 1.48. The summed E-state index contributed by atoms with van der Waals surface area (Å²) in [6.45, 7) is -0.752. The summed E-state index contributed by atoms with van der Waals surface area (Å²) in [5.41, 5.74) is -1.97. The molecule has 0 aromatic heterocycles. The van der Waals surface area contributed by atoms with Crippen LogP contribution in [-0.2, 0) is 0 Å². The van der Waals surface area contributed by atoms with Crippen molar-refractivity contribution in [3.8, 4) is 0 Å². The molecular formula is C7H6O5. The number of ketones is 1. The van der Waals surface area contributed by atoms with E-state index in [0.29, 0.717) is 0 Å². The Morgan fingerprint density at radius 3 is 2.42 bits per heavy atom. The predicted molar refractivity (Wildman–Crippen MR) is 38.8 cm³/mol. The number of hydrogen-bond donors (Lipinski definition) is 2. The monoisotopic (exact) mass is 170 g/mol. The Hall–Kier alpha value is -1.33. The van der Waals surface area contributed by atoms with Crippen molar-refractivity contribution >= 4 is 5.78 Å². The van der Waals surface area contributed by atoms with Gasteiger partial charge in [0.15, 0.2) is 5.78 Å². The van der Waals surface area contributed by atoms with E-state index in [4.69, 9.17) is 10.2 Å². The minimum atomic E-state index is -1.60. The topological polar surface area (TPSA) is 91.7 Å². The van der Waals surface area contributed by atoms with Crippen LogP contribution in [0.5, 0.6) is 0 Å². The molecule has 0 spiro atoms. The highest BCUT2D eigenvalue weighted by atomic mass is 16.3. The van der Waals surface area contributed by atoms with Crippen LogP contribution in [0.25, 0.3) is 0 Å². The Morgan fingerprint density at radius 2 is 2.08 bits per heavy atom. The van der Waals surface area contributed by atoms with Gasteiger partial charge in [0, 0.05) is 6.07 Å². The molecule has 0 aliphatic heterocycles. The van der Waals surface area contributed by atoms with Gasteiger partial charge >= 0.3 is 0 Å². The molecule has 0 aliphatic rings. The maximum Gasteiger partial charge on any atom is 0.236 e. The lowest BCUT2D eigenvalue weighted by atomic mass is 10.0. The lowest BCUT2D eigenvalue weighted by molar-refractivity contribution is 0.0585. The molecule has 1 aromatic rings. The summed E-state index contributed by atoms with van der Waals surface area (Å²) < 4.78 is 0. The molecule has 64 valence electrons. The number of carbonyl (C=O) groups excluding carboxylic acids is 1. The van der Waals surface area contributed by atoms with E-state index in [-0.39, 0.29) is 5.56 Å². The Labute approximate surface area is 66.6 Å². The Kier molecular flexibility index (Phi) is 2.16. The van der Waals surface area contributed by atoms with Gasteiger partial charge in [-0.05, 0) is 0 Å². The molecule has 5 heteroatoms. The first kappa shape index (κ1) is 8.76. The number of Topliss-reactive ketones (excluding diaryl/α,β-unsaturated/α-hetero) is 1. The first-order valence-corrected chi connectivity index (χ1v) is 3.21. The fourth-order valence-corrected chi connectivity index (χ4v) is 0.763. The minimum Gasteiger partial charge on any atom is -0.393 e. The molecule has 0 saturated heterocycles. The van der Waals surface area contributed by atoms with Crippen molar-refractivity contribution in [2.45, 2.75) is 6.10 Å². The van der Waals surface area contributed by atoms with Crippen molar-refractivity contribution in [3.05, 3.63) is 32.1 Å². The molecule has 0 amide bonds. The maximum absolute atomic E-state index is 10.9. The molecule has 1 aromatic carbocycles. The van der Waals surface area contributed by atoms with Crippen LogP contribution in [0.4, 0.5) is 0 Å². The lowest BCUT2D eigenvalue weighted by Crippen LogP contribution is -2.40. The largest absolute Gasteiger partial charge is 0.393 e. The van der Waals surface area contributed by atoms with E-state index in [2.05, 4.69) is 0 Å². The lowest BCUT2D eigenvalue weighted by Gasteiger charge is -2.04.